The molecule has 0 bridgehead atoms. The van der Waals surface area contributed by atoms with Gasteiger partial charge in [0.05, 0.1) is 11.2 Å². The number of para-hydroxylation sites is 1. The molecular formula is C18H27N3. The minimum atomic E-state index is -0.127. The molecule has 21 heavy (non-hydrogen) atoms. The Bertz CT molecular complexity index is 656. The quantitative estimate of drug-likeness (QED) is 0.915. The molecule has 3 rings (SSSR count). The zero-order valence-electron chi connectivity index (χ0n) is 13.7. The van der Waals surface area contributed by atoms with Gasteiger partial charge in [-0.15, -0.1) is 0 Å². The van der Waals surface area contributed by atoms with Crippen molar-refractivity contribution >= 4 is 10.9 Å². The number of hydrogen-bond acceptors (Lipinski definition) is 2. The van der Waals surface area contributed by atoms with E-state index < -0.39 is 0 Å². The third-order valence-corrected chi connectivity index (χ3v) is 4.84. The Morgan fingerprint density at radius 3 is 2.71 bits per heavy atom. The van der Waals surface area contributed by atoms with Gasteiger partial charge >= 0.3 is 0 Å². The maximum atomic E-state index is 6.81. The number of aryl methyl sites for hydroxylation is 1. The van der Waals surface area contributed by atoms with E-state index in [0.717, 1.165) is 25.0 Å². The molecule has 2 aromatic rings. The molecule has 3 heteroatoms. The van der Waals surface area contributed by atoms with Gasteiger partial charge < -0.3 is 5.73 Å². The number of hydrogen-bond donors (Lipinski definition) is 1. The van der Waals surface area contributed by atoms with Crippen molar-refractivity contribution < 1.29 is 0 Å². The van der Waals surface area contributed by atoms with Crippen LogP contribution in [0.5, 0.6) is 0 Å². The average Bonchev–Trinajstić information content (AvgIpc) is 2.63. The van der Waals surface area contributed by atoms with Crippen LogP contribution in [-0.4, -0.2) is 15.3 Å². The summed E-state index contributed by atoms with van der Waals surface area (Å²) in [5, 5.41) is 5.99. The van der Waals surface area contributed by atoms with E-state index in [1.54, 1.807) is 0 Å². The molecule has 1 heterocycles. The van der Waals surface area contributed by atoms with Crippen LogP contribution in [0.4, 0.5) is 0 Å². The highest BCUT2D eigenvalue weighted by molar-refractivity contribution is 5.82. The topological polar surface area (TPSA) is 43.8 Å². The molecule has 2 unspecified atom stereocenters. The van der Waals surface area contributed by atoms with Gasteiger partial charge in [-0.05, 0) is 36.7 Å². The molecule has 1 aromatic heterocycles. The van der Waals surface area contributed by atoms with E-state index in [2.05, 4.69) is 45.0 Å². The first-order chi connectivity index (χ1) is 9.78. The molecule has 2 N–H and O–H groups in total. The van der Waals surface area contributed by atoms with Crippen molar-refractivity contribution in [1.29, 1.82) is 0 Å². The van der Waals surface area contributed by atoms with E-state index >= 15 is 0 Å². The summed E-state index contributed by atoms with van der Waals surface area (Å²) in [7, 11) is 2.02. The van der Waals surface area contributed by atoms with E-state index in [4.69, 9.17) is 10.8 Å². The molecule has 3 nitrogen and oxygen atoms in total. The standard InChI is InChI=1S/C18H27N3/c1-13-9-17(2,3)12-18(19,10-13)11-15-14-7-5-6-8-16(14)21(4)20-15/h5-8,13H,9-12,19H2,1-4H3. The van der Waals surface area contributed by atoms with E-state index in [1.165, 1.54) is 17.3 Å². The molecule has 114 valence electrons. The van der Waals surface area contributed by atoms with Crippen molar-refractivity contribution in [3.05, 3.63) is 30.0 Å². The lowest BCUT2D eigenvalue weighted by Crippen LogP contribution is -2.50. The predicted molar refractivity (Wildman–Crippen MR) is 88.1 cm³/mol. The van der Waals surface area contributed by atoms with Crippen molar-refractivity contribution in [1.82, 2.24) is 9.78 Å². The molecule has 1 aliphatic carbocycles. The fourth-order valence-electron chi connectivity index (χ4n) is 4.69. The van der Waals surface area contributed by atoms with Crippen molar-refractivity contribution in [3.8, 4) is 0 Å². The molecule has 0 radical (unpaired) electrons. The molecule has 1 aromatic carbocycles. The lowest BCUT2D eigenvalue weighted by atomic mass is 9.63. The van der Waals surface area contributed by atoms with E-state index in [-0.39, 0.29) is 5.54 Å². The summed E-state index contributed by atoms with van der Waals surface area (Å²) in [5.74, 6) is 0.689. The van der Waals surface area contributed by atoms with Crippen LogP contribution in [0.1, 0.15) is 45.7 Å². The maximum absolute atomic E-state index is 6.81. The first-order valence-corrected chi connectivity index (χ1v) is 7.98. The van der Waals surface area contributed by atoms with E-state index in [1.807, 2.05) is 11.7 Å². The van der Waals surface area contributed by atoms with Gasteiger partial charge in [0.25, 0.3) is 0 Å². The number of benzene rings is 1. The van der Waals surface area contributed by atoms with Gasteiger partial charge in [-0.25, -0.2) is 0 Å². The van der Waals surface area contributed by atoms with Crippen LogP contribution in [0.2, 0.25) is 0 Å². The van der Waals surface area contributed by atoms with E-state index in [9.17, 15) is 0 Å². The van der Waals surface area contributed by atoms with Gasteiger partial charge in [0.1, 0.15) is 0 Å². The van der Waals surface area contributed by atoms with Crippen LogP contribution in [-0.2, 0) is 13.5 Å². The molecule has 0 spiro atoms. The van der Waals surface area contributed by atoms with Crippen LogP contribution in [0.15, 0.2) is 24.3 Å². The van der Waals surface area contributed by atoms with Gasteiger partial charge in [-0.2, -0.15) is 5.10 Å². The molecule has 2 atom stereocenters. The Morgan fingerprint density at radius 1 is 1.29 bits per heavy atom. The Balaban J connectivity index is 1.94. The van der Waals surface area contributed by atoms with Crippen LogP contribution in [0, 0.1) is 11.3 Å². The fraction of sp³-hybridized carbons (Fsp3) is 0.611. The SMILES string of the molecule is CC1CC(C)(C)CC(N)(Cc2nn(C)c3ccccc23)C1. The van der Waals surface area contributed by atoms with Crippen LogP contribution in [0.25, 0.3) is 10.9 Å². The molecule has 0 aliphatic heterocycles. The number of rotatable bonds is 2. The largest absolute Gasteiger partial charge is 0.325 e. The fourth-order valence-corrected chi connectivity index (χ4v) is 4.69. The molecule has 1 saturated carbocycles. The molecule has 1 aliphatic rings. The lowest BCUT2D eigenvalue weighted by Gasteiger charge is -2.45. The van der Waals surface area contributed by atoms with Crippen molar-refractivity contribution in [2.45, 2.75) is 52.0 Å². The van der Waals surface area contributed by atoms with Gasteiger partial charge in [0.2, 0.25) is 0 Å². The zero-order chi connectivity index (χ0) is 15.3. The highest BCUT2D eigenvalue weighted by Gasteiger charge is 2.40. The number of nitrogens with two attached hydrogens (primary N) is 1. The monoisotopic (exact) mass is 285 g/mol. The van der Waals surface area contributed by atoms with Gasteiger partial charge in [-0.3, -0.25) is 4.68 Å². The molecule has 1 fully saturated rings. The van der Waals surface area contributed by atoms with Gasteiger partial charge in [-0.1, -0.05) is 39.0 Å². The Kier molecular flexibility index (Phi) is 3.36. The highest BCUT2D eigenvalue weighted by Crippen LogP contribution is 2.44. The van der Waals surface area contributed by atoms with Gasteiger partial charge in [0.15, 0.2) is 0 Å². The van der Waals surface area contributed by atoms with Crippen LogP contribution in [0.3, 0.4) is 0 Å². The van der Waals surface area contributed by atoms with Crippen LogP contribution < -0.4 is 5.73 Å². The second-order valence-corrected chi connectivity index (χ2v) is 7.98. The summed E-state index contributed by atoms with van der Waals surface area (Å²) in [6.45, 7) is 7.03. The van der Waals surface area contributed by atoms with Crippen molar-refractivity contribution in [2.75, 3.05) is 0 Å². The summed E-state index contributed by atoms with van der Waals surface area (Å²) in [5.41, 5.74) is 9.36. The summed E-state index contributed by atoms with van der Waals surface area (Å²) in [4.78, 5) is 0. The third kappa shape index (κ3) is 2.84. The number of nitrogens with zero attached hydrogens (tertiary/aromatic N) is 2. The van der Waals surface area contributed by atoms with Gasteiger partial charge in [0, 0.05) is 24.4 Å². The highest BCUT2D eigenvalue weighted by atomic mass is 15.3. The number of fused-ring (bicyclic) bond motifs is 1. The Hall–Kier alpha value is -1.35. The summed E-state index contributed by atoms with van der Waals surface area (Å²) < 4.78 is 1.98. The second kappa shape index (κ2) is 4.84. The van der Waals surface area contributed by atoms with Crippen LogP contribution >= 0.6 is 0 Å². The second-order valence-electron chi connectivity index (χ2n) is 7.98. The van der Waals surface area contributed by atoms with Crippen molar-refractivity contribution in [2.24, 2.45) is 24.1 Å². The molecular weight excluding hydrogens is 258 g/mol. The summed E-state index contributed by atoms with van der Waals surface area (Å²) >= 11 is 0. The average molecular weight is 285 g/mol. The molecule has 0 saturated heterocycles. The minimum absolute atomic E-state index is 0.127. The summed E-state index contributed by atoms with van der Waals surface area (Å²) in [6, 6.07) is 8.45. The normalized spacial score (nSPS) is 28.9. The molecule has 0 amide bonds. The number of aromatic nitrogens is 2. The Morgan fingerprint density at radius 2 is 2.00 bits per heavy atom. The first kappa shape index (κ1) is 14.6. The van der Waals surface area contributed by atoms with E-state index in [0.29, 0.717) is 11.3 Å². The first-order valence-electron chi connectivity index (χ1n) is 7.98. The smallest absolute Gasteiger partial charge is 0.0721 e. The Labute approximate surface area is 127 Å². The zero-order valence-corrected chi connectivity index (χ0v) is 13.7. The lowest BCUT2D eigenvalue weighted by molar-refractivity contribution is 0.107. The summed E-state index contributed by atoms with van der Waals surface area (Å²) in [6.07, 6.45) is 4.33. The van der Waals surface area contributed by atoms with Crippen molar-refractivity contribution in [3.63, 3.8) is 0 Å². The maximum Gasteiger partial charge on any atom is 0.0721 e. The predicted octanol–water partition coefficient (Wildman–Crippen LogP) is 3.66. The minimum Gasteiger partial charge on any atom is -0.325 e. The third-order valence-electron chi connectivity index (χ3n) is 4.84.